The molecule has 0 aliphatic rings. The van der Waals surface area contributed by atoms with Crippen LogP contribution in [0.5, 0.6) is 34.5 Å². The number of ether oxygens (including phenoxy) is 5. The van der Waals surface area contributed by atoms with Gasteiger partial charge in [-0.15, -0.1) is 0 Å². The van der Waals surface area contributed by atoms with Crippen LogP contribution in [0.25, 0.3) is 22.3 Å². The fourth-order valence-corrected chi connectivity index (χ4v) is 2.99. The van der Waals surface area contributed by atoms with Crippen LogP contribution < -0.4 is 29.1 Å². The lowest BCUT2D eigenvalue weighted by molar-refractivity contribution is 0.324. The molecule has 0 saturated heterocycles. The molecule has 1 heterocycles. The van der Waals surface area contributed by atoms with Gasteiger partial charge in [0.1, 0.15) is 16.9 Å². The maximum absolute atomic E-state index is 12.8. The summed E-state index contributed by atoms with van der Waals surface area (Å²) in [6, 6.07) is 5.93. The van der Waals surface area contributed by atoms with Crippen molar-refractivity contribution in [1.82, 2.24) is 0 Å². The Labute approximate surface area is 160 Å². The number of phenols is 1. The second kappa shape index (κ2) is 7.59. The monoisotopic (exact) mass is 388 g/mol. The highest BCUT2D eigenvalue weighted by atomic mass is 16.5. The maximum Gasteiger partial charge on any atom is 0.204 e. The predicted molar refractivity (Wildman–Crippen MR) is 102 cm³/mol. The molecule has 0 bridgehead atoms. The molecule has 0 radical (unpaired) electrons. The summed E-state index contributed by atoms with van der Waals surface area (Å²) >= 11 is 0. The number of fused-ring (bicyclic) bond motifs is 1. The Balaban J connectivity index is 2.35. The molecule has 0 aliphatic carbocycles. The Morgan fingerprint density at radius 3 is 1.82 bits per heavy atom. The van der Waals surface area contributed by atoms with Gasteiger partial charge >= 0.3 is 0 Å². The molecule has 1 N–H and O–H groups in total. The first-order chi connectivity index (χ1) is 13.5. The van der Waals surface area contributed by atoms with Crippen LogP contribution in [-0.2, 0) is 0 Å². The number of aromatic hydroxyl groups is 1. The summed E-state index contributed by atoms with van der Waals surface area (Å²) in [6.07, 6.45) is 0. The molecule has 0 atom stereocenters. The third-order valence-electron chi connectivity index (χ3n) is 4.27. The Kier molecular flexibility index (Phi) is 5.21. The van der Waals surface area contributed by atoms with Crippen molar-refractivity contribution >= 4 is 11.0 Å². The average molecular weight is 388 g/mol. The zero-order valence-electron chi connectivity index (χ0n) is 16.1. The fourth-order valence-electron chi connectivity index (χ4n) is 2.99. The number of benzene rings is 2. The van der Waals surface area contributed by atoms with E-state index in [1.165, 1.54) is 47.7 Å². The van der Waals surface area contributed by atoms with Crippen molar-refractivity contribution in [2.45, 2.75) is 0 Å². The van der Waals surface area contributed by atoms with Gasteiger partial charge in [0, 0.05) is 17.7 Å². The number of hydrogen-bond donors (Lipinski definition) is 1. The van der Waals surface area contributed by atoms with Gasteiger partial charge < -0.3 is 33.2 Å². The Hall–Kier alpha value is -3.55. The molecule has 0 fully saturated rings. The molecule has 8 nitrogen and oxygen atoms in total. The molecule has 8 heteroatoms. The minimum atomic E-state index is -0.361. The molecular formula is C20H20O8. The van der Waals surface area contributed by atoms with Gasteiger partial charge in [-0.3, -0.25) is 4.79 Å². The number of methoxy groups -OCH3 is 5. The van der Waals surface area contributed by atoms with Crippen LogP contribution in [-0.4, -0.2) is 40.7 Å². The molecule has 28 heavy (non-hydrogen) atoms. The minimum absolute atomic E-state index is 0.0298. The van der Waals surface area contributed by atoms with Crippen LogP contribution in [0.15, 0.2) is 33.5 Å². The van der Waals surface area contributed by atoms with Crippen molar-refractivity contribution in [1.29, 1.82) is 0 Å². The van der Waals surface area contributed by atoms with Crippen LogP contribution in [0.4, 0.5) is 0 Å². The topological polar surface area (TPSA) is 96.6 Å². The molecule has 0 amide bonds. The van der Waals surface area contributed by atoms with Crippen LogP contribution in [0, 0.1) is 0 Å². The highest BCUT2D eigenvalue weighted by Gasteiger charge is 2.21. The van der Waals surface area contributed by atoms with Crippen molar-refractivity contribution in [3.8, 4) is 45.8 Å². The van der Waals surface area contributed by atoms with Gasteiger partial charge in [-0.2, -0.15) is 0 Å². The molecule has 1 aromatic heterocycles. The van der Waals surface area contributed by atoms with Crippen molar-refractivity contribution in [2.75, 3.05) is 35.5 Å². The van der Waals surface area contributed by atoms with Gasteiger partial charge in [-0.05, 0) is 12.1 Å². The van der Waals surface area contributed by atoms with E-state index in [1.807, 2.05) is 0 Å². The molecule has 0 saturated carbocycles. The summed E-state index contributed by atoms with van der Waals surface area (Å²) < 4.78 is 32.4. The fraction of sp³-hybridized carbons (Fsp3) is 0.250. The maximum atomic E-state index is 12.8. The number of phenolic OH excluding ortho intramolecular Hbond substituents is 1. The third-order valence-corrected chi connectivity index (χ3v) is 4.27. The highest BCUT2D eigenvalue weighted by Crippen LogP contribution is 2.43. The second-order valence-corrected chi connectivity index (χ2v) is 5.72. The zero-order valence-corrected chi connectivity index (χ0v) is 16.1. The SMILES string of the molecule is COc1cc(-c2cc(=O)c3c(OC)cc(O)c(OC)c3o2)cc(OC)c1OC. The van der Waals surface area contributed by atoms with Crippen molar-refractivity contribution in [2.24, 2.45) is 0 Å². The second-order valence-electron chi connectivity index (χ2n) is 5.72. The summed E-state index contributed by atoms with van der Waals surface area (Å²) in [7, 11) is 7.24. The number of hydrogen-bond acceptors (Lipinski definition) is 8. The average Bonchev–Trinajstić information content (AvgIpc) is 2.71. The smallest absolute Gasteiger partial charge is 0.204 e. The Morgan fingerprint density at radius 1 is 0.750 bits per heavy atom. The number of rotatable bonds is 6. The molecule has 0 aliphatic heterocycles. The molecule has 0 unspecified atom stereocenters. The van der Waals surface area contributed by atoms with E-state index in [9.17, 15) is 9.90 Å². The van der Waals surface area contributed by atoms with E-state index < -0.39 is 0 Å². The molecule has 3 aromatic rings. The Bertz CT molecular complexity index is 1060. The largest absolute Gasteiger partial charge is 0.504 e. The van der Waals surface area contributed by atoms with Gasteiger partial charge in [0.15, 0.2) is 28.3 Å². The first-order valence-corrected chi connectivity index (χ1v) is 8.21. The zero-order chi connectivity index (χ0) is 20.4. The predicted octanol–water partition coefficient (Wildman–Crippen LogP) is 3.21. The first kappa shape index (κ1) is 19.2. The van der Waals surface area contributed by atoms with Gasteiger partial charge in [0.25, 0.3) is 0 Å². The van der Waals surface area contributed by atoms with Gasteiger partial charge in [-0.25, -0.2) is 0 Å². The van der Waals surface area contributed by atoms with E-state index >= 15 is 0 Å². The lowest BCUT2D eigenvalue weighted by Gasteiger charge is -2.15. The molecular weight excluding hydrogens is 368 g/mol. The summed E-state index contributed by atoms with van der Waals surface area (Å²) in [5, 5.41) is 10.3. The standard InChI is InChI=1S/C20H20O8/c1-23-14-9-12(22)18(26-4)20-17(14)11(21)8-13(28-20)10-6-15(24-2)19(27-5)16(7-10)25-3/h6-9,22H,1-5H3. The van der Waals surface area contributed by atoms with E-state index in [0.29, 0.717) is 22.8 Å². The summed E-state index contributed by atoms with van der Waals surface area (Å²) in [5.41, 5.74) is 0.216. The minimum Gasteiger partial charge on any atom is -0.504 e. The molecule has 2 aromatic carbocycles. The van der Waals surface area contributed by atoms with E-state index in [0.717, 1.165) is 0 Å². The summed E-state index contributed by atoms with van der Waals surface area (Å²) in [5.74, 6) is 1.44. The summed E-state index contributed by atoms with van der Waals surface area (Å²) in [6.45, 7) is 0. The van der Waals surface area contributed by atoms with Gasteiger partial charge in [-0.1, -0.05) is 0 Å². The third kappa shape index (κ3) is 3.02. The van der Waals surface area contributed by atoms with Gasteiger partial charge in [0.05, 0.1) is 35.5 Å². The van der Waals surface area contributed by atoms with Crippen LogP contribution in [0.2, 0.25) is 0 Å². The van der Waals surface area contributed by atoms with Gasteiger partial charge in [0.2, 0.25) is 11.5 Å². The van der Waals surface area contributed by atoms with E-state index in [4.69, 9.17) is 28.1 Å². The van der Waals surface area contributed by atoms with Crippen molar-refractivity contribution < 1.29 is 33.2 Å². The van der Waals surface area contributed by atoms with Crippen molar-refractivity contribution in [3.63, 3.8) is 0 Å². The normalized spacial score (nSPS) is 10.6. The van der Waals surface area contributed by atoms with E-state index in [1.54, 1.807) is 12.1 Å². The first-order valence-electron chi connectivity index (χ1n) is 8.21. The Morgan fingerprint density at radius 2 is 1.32 bits per heavy atom. The summed E-state index contributed by atoms with van der Waals surface area (Å²) in [4.78, 5) is 12.8. The molecule has 0 spiro atoms. The van der Waals surface area contributed by atoms with Crippen LogP contribution in [0.1, 0.15) is 0 Å². The van der Waals surface area contributed by atoms with Crippen molar-refractivity contribution in [3.05, 3.63) is 34.5 Å². The van der Waals surface area contributed by atoms with Crippen LogP contribution >= 0.6 is 0 Å². The van der Waals surface area contributed by atoms with E-state index in [2.05, 4.69) is 0 Å². The lowest BCUT2D eigenvalue weighted by Crippen LogP contribution is -2.04. The van der Waals surface area contributed by atoms with E-state index in [-0.39, 0.29) is 39.4 Å². The highest BCUT2D eigenvalue weighted by molar-refractivity contribution is 5.92. The van der Waals surface area contributed by atoms with Crippen LogP contribution in [0.3, 0.4) is 0 Å². The lowest BCUT2D eigenvalue weighted by atomic mass is 10.1. The quantitative estimate of drug-likeness (QED) is 0.688. The molecule has 3 rings (SSSR count). The molecule has 148 valence electrons.